The fourth-order valence-corrected chi connectivity index (χ4v) is 1.21. The number of hydrogen-bond donors (Lipinski definition) is 0. The molecule has 0 atom stereocenters. The molecule has 2 heterocycles. The van der Waals surface area contributed by atoms with E-state index in [0.717, 1.165) is 12.1 Å². The lowest BCUT2D eigenvalue weighted by molar-refractivity contribution is -0.137. The minimum absolute atomic E-state index is 0.0354. The summed E-state index contributed by atoms with van der Waals surface area (Å²) in [5, 5.41) is 7.18. The molecule has 0 aliphatic carbocycles. The third kappa shape index (κ3) is 2.55. The van der Waals surface area contributed by atoms with Gasteiger partial charge in [0.15, 0.2) is 0 Å². The Bertz CT molecular complexity index is 509. The van der Waals surface area contributed by atoms with Crippen LogP contribution in [-0.4, -0.2) is 15.2 Å². The smallest absolute Gasteiger partial charge is 0.417 e. The van der Waals surface area contributed by atoms with Gasteiger partial charge >= 0.3 is 6.18 Å². The molecule has 4 nitrogen and oxygen atoms in total. The van der Waals surface area contributed by atoms with Crippen molar-refractivity contribution in [2.75, 3.05) is 0 Å². The fourth-order valence-electron chi connectivity index (χ4n) is 1.10. The molecular formula is C9H5ClF3N3O. The predicted molar refractivity (Wildman–Crippen MR) is 52.1 cm³/mol. The van der Waals surface area contributed by atoms with E-state index in [9.17, 15) is 13.2 Å². The average Bonchev–Trinajstić information content (AvgIpc) is 2.76. The number of halogens is 4. The third-order valence-corrected chi connectivity index (χ3v) is 2.12. The molecule has 0 radical (unpaired) electrons. The Morgan fingerprint density at radius 3 is 2.47 bits per heavy atom. The summed E-state index contributed by atoms with van der Waals surface area (Å²) in [6.45, 7) is 0. The summed E-state index contributed by atoms with van der Waals surface area (Å²) < 4.78 is 41.9. The molecule has 0 aliphatic heterocycles. The molecule has 0 unspecified atom stereocenters. The van der Waals surface area contributed by atoms with Gasteiger partial charge in [-0.3, -0.25) is 4.98 Å². The Balaban J connectivity index is 2.29. The lowest BCUT2D eigenvalue weighted by Crippen LogP contribution is -2.05. The summed E-state index contributed by atoms with van der Waals surface area (Å²) in [7, 11) is 0. The van der Waals surface area contributed by atoms with Crippen LogP contribution in [0.1, 0.15) is 11.5 Å². The number of hydrogen-bond acceptors (Lipinski definition) is 4. The van der Waals surface area contributed by atoms with Crippen LogP contribution in [0.5, 0.6) is 0 Å². The second-order valence-electron chi connectivity index (χ2n) is 3.06. The van der Waals surface area contributed by atoms with Crippen molar-refractivity contribution in [2.45, 2.75) is 12.1 Å². The van der Waals surface area contributed by atoms with Crippen LogP contribution in [0.15, 0.2) is 22.7 Å². The minimum atomic E-state index is -4.42. The standard InChI is InChI=1S/C9H5ClF3N3O/c10-3-7-15-16-8(17-7)6-2-1-5(4-14-6)9(11,12)13/h1-2,4H,3H2. The van der Waals surface area contributed by atoms with Gasteiger partial charge in [0.05, 0.1) is 5.56 Å². The second kappa shape index (κ2) is 4.33. The highest BCUT2D eigenvalue weighted by Crippen LogP contribution is 2.29. The number of nitrogens with zero attached hydrogens (tertiary/aromatic N) is 3. The molecule has 0 N–H and O–H groups in total. The maximum atomic E-state index is 12.3. The maximum Gasteiger partial charge on any atom is 0.417 e. The van der Waals surface area contributed by atoms with Gasteiger partial charge in [0, 0.05) is 6.20 Å². The van der Waals surface area contributed by atoms with Gasteiger partial charge in [-0.2, -0.15) is 13.2 Å². The molecule has 0 aromatic carbocycles. The zero-order valence-corrected chi connectivity index (χ0v) is 8.96. The molecule has 2 aromatic heterocycles. The van der Waals surface area contributed by atoms with Crippen molar-refractivity contribution in [3.05, 3.63) is 29.8 Å². The van der Waals surface area contributed by atoms with E-state index >= 15 is 0 Å². The van der Waals surface area contributed by atoms with Crippen molar-refractivity contribution in [3.63, 3.8) is 0 Å². The molecule has 0 bridgehead atoms. The molecule has 0 aliphatic rings. The van der Waals surface area contributed by atoms with Gasteiger partial charge in [0.2, 0.25) is 5.89 Å². The van der Waals surface area contributed by atoms with E-state index in [1.807, 2.05) is 0 Å². The van der Waals surface area contributed by atoms with Crippen LogP contribution in [-0.2, 0) is 12.1 Å². The lowest BCUT2D eigenvalue weighted by atomic mass is 10.2. The molecule has 0 saturated heterocycles. The maximum absolute atomic E-state index is 12.3. The Morgan fingerprint density at radius 2 is 2.00 bits per heavy atom. The molecule has 0 spiro atoms. The van der Waals surface area contributed by atoms with Crippen molar-refractivity contribution in [1.82, 2.24) is 15.2 Å². The lowest BCUT2D eigenvalue weighted by Gasteiger charge is -2.05. The minimum Gasteiger partial charge on any atom is -0.418 e. The summed E-state index contributed by atoms with van der Waals surface area (Å²) >= 11 is 5.45. The van der Waals surface area contributed by atoms with E-state index in [0.29, 0.717) is 6.20 Å². The highest BCUT2D eigenvalue weighted by molar-refractivity contribution is 6.16. The van der Waals surface area contributed by atoms with Gasteiger partial charge in [-0.15, -0.1) is 21.8 Å². The van der Waals surface area contributed by atoms with Crippen molar-refractivity contribution in [3.8, 4) is 11.6 Å². The summed E-state index contributed by atoms with van der Waals surface area (Å²) in [4.78, 5) is 3.60. The molecule has 0 fully saturated rings. The fraction of sp³-hybridized carbons (Fsp3) is 0.222. The molecule has 8 heteroatoms. The highest BCUT2D eigenvalue weighted by atomic mass is 35.5. The first-order chi connectivity index (χ1) is 8.00. The van der Waals surface area contributed by atoms with Crippen molar-refractivity contribution < 1.29 is 17.6 Å². The van der Waals surface area contributed by atoms with Crippen molar-refractivity contribution in [2.24, 2.45) is 0 Å². The van der Waals surface area contributed by atoms with E-state index in [1.54, 1.807) is 0 Å². The van der Waals surface area contributed by atoms with Gasteiger partial charge < -0.3 is 4.42 Å². The largest absolute Gasteiger partial charge is 0.418 e. The number of aromatic nitrogens is 3. The molecule has 17 heavy (non-hydrogen) atoms. The quantitative estimate of drug-likeness (QED) is 0.782. The SMILES string of the molecule is FC(F)(F)c1ccc(-c2nnc(CCl)o2)nc1. The molecular weight excluding hydrogens is 259 g/mol. The molecule has 2 rings (SSSR count). The number of rotatable bonds is 2. The average molecular weight is 264 g/mol. The van der Waals surface area contributed by atoms with E-state index in [-0.39, 0.29) is 23.4 Å². The second-order valence-corrected chi connectivity index (χ2v) is 3.33. The molecule has 90 valence electrons. The van der Waals surface area contributed by atoms with E-state index in [2.05, 4.69) is 15.2 Å². The van der Waals surface area contributed by atoms with Gasteiger partial charge in [0.1, 0.15) is 11.6 Å². The number of alkyl halides is 4. The van der Waals surface area contributed by atoms with Crippen molar-refractivity contribution >= 4 is 11.6 Å². The Hall–Kier alpha value is -1.63. The first-order valence-corrected chi connectivity index (χ1v) is 4.96. The van der Waals surface area contributed by atoms with Crippen LogP contribution in [0, 0.1) is 0 Å². The van der Waals surface area contributed by atoms with E-state index in [4.69, 9.17) is 16.0 Å². The van der Waals surface area contributed by atoms with Gasteiger partial charge in [0.25, 0.3) is 5.89 Å². The van der Waals surface area contributed by atoms with Crippen LogP contribution >= 0.6 is 11.6 Å². The molecule has 0 amide bonds. The Kier molecular flexibility index (Phi) is 3.01. The number of pyridine rings is 1. The monoisotopic (exact) mass is 263 g/mol. The predicted octanol–water partition coefficient (Wildman–Crippen LogP) is 2.89. The first-order valence-electron chi connectivity index (χ1n) is 4.42. The van der Waals surface area contributed by atoms with Crippen LogP contribution in [0.3, 0.4) is 0 Å². The van der Waals surface area contributed by atoms with Crippen LogP contribution < -0.4 is 0 Å². The van der Waals surface area contributed by atoms with Gasteiger partial charge in [-0.05, 0) is 12.1 Å². The summed E-state index contributed by atoms with van der Waals surface area (Å²) in [6.07, 6.45) is -3.71. The summed E-state index contributed by atoms with van der Waals surface area (Å²) in [6, 6.07) is 2.06. The van der Waals surface area contributed by atoms with Crippen molar-refractivity contribution in [1.29, 1.82) is 0 Å². The third-order valence-electron chi connectivity index (χ3n) is 1.89. The van der Waals surface area contributed by atoms with Crippen LogP contribution in [0.25, 0.3) is 11.6 Å². The normalized spacial score (nSPS) is 11.8. The zero-order valence-electron chi connectivity index (χ0n) is 8.20. The van der Waals surface area contributed by atoms with E-state index < -0.39 is 11.7 Å². The summed E-state index contributed by atoms with van der Waals surface area (Å²) in [5.41, 5.74) is -0.666. The molecule has 0 saturated carbocycles. The highest BCUT2D eigenvalue weighted by Gasteiger charge is 2.30. The zero-order chi connectivity index (χ0) is 12.5. The first kappa shape index (κ1) is 11.8. The molecule has 2 aromatic rings. The van der Waals surface area contributed by atoms with Crippen LogP contribution in [0.2, 0.25) is 0 Å². The Morgan fingerprint density at radius 1 is 1.24 bits per heavy atom. The van der Waals surface area contributed by atoms with Gasteiger partial charge in [-0.25, -0.2) is 0 Å². The van der Waals surface area contributed by atoms with Crippen LogP contribution in [0.4, 0.5) is 13.2 Å². The topological polar surface area (TPSA) is 51.8 Å². The Labute approximate surface area is 98.4 Å². The van der Waals surface area contributed by atoms with Gasteiger partial charge in [-0.1, -0.05) is 0 Å². The van der Waals surface area contributed by atoms with E-state index in [1.165, 1.54) is 0 Å². The summed E-state index contributed by atoms with van der Waals surface area (Å²) in [5.74, 6) is 0.255.